The molecule has 1 aliphatic rings. The molecule has 0 amide bonds. The lowest BCUT2D eigenvalue weighted by molar-refractivity contribution is 0.00973. The molecule has 4 nitrogen and oxygen atoms in total. The van der Waals surface area contributed by atoms with Gasteiger partial charge in [-0.3, -0.25) is 4.79 Å². The predicted molar refractivity (Wildman–Crippen MR) is 72.8 cm³/mol. The molecular weight excluding hydrogens is 248 g/mol. The number of ether oxygens (including phenoxy) is 1. The van der Waals surface area contributed by atoms with E-state index in [1.165, 1.54) is 0 Å². The van der Waals surface area contributed by atoms with E-state index in [2.05, 4.69) is 9.97 Å². The van der Waals surface area contributed by atoms with Crippen LogP contribution in [0.4, 0.5) is 0 Å². The van der Waals surface area contributed by atoms with Gasteiger partial charge in [0.15, 0.2) is 0 Å². The largest absolute Gasteiger partial charge is 0.367 e. The Morgan fingerprint density at radius 3 is 3.11 bits per heavy atom. The van der Waals surface area contributed by atoms with E-state index in [0.29, 0.717) is 11.1 Å². The number of aromatic nitrogens is 2. The van der Waals surface area contributed by atoms with E-state index in [0.717, 1.165) is 29.9 Å². The average molecular weight is 262 g/mol. The lowest BCUT2D eigenvalue weighted by Crippen LogP contribution is -2.23. The van der Waals surface area contributed by atoms with E-state index < -0.39 is 0 Å². The van der Waals surface area contributed by atoms with E-state index in [9.17, 15) is 4.79 Å². The molecule has 0 radical (unpaired) electrons. The molecule has 2 heterocycles. The molecule has 94 valence electrons. The molecule has 0 aliphatic carbocycles. The number of hydrogen-bond acceptors (Lipinski definition) is 4. The van der Waals surface area contributed by atoms with Crippen molar-refractivity contribution < 1.29 is 4.74 Å². The fourth-order valence-corrected chi connectivity index (χ4v) is 2.87. The molecule has 0 spiro atoms. The molecule has 5 heteroatoms. The molecule has 3 rings (SSSR count). The first kappa shape index (κ1) is 11.7. The number of nitrogens with zero attached hydrogens (tertiary/aromatic N) is 1. The molecule has 1 fully saturated rings. The number of fused-ring (bicyclic) bond motifs is 1. The van der Waals surface area contributed by atoms with Crippen molar-refractivity contribution in [2.24, 2.45) is 0 Å². The Kier molecular flexibility index (Phi) is 3.09. The van der Waals surface area contributed by atoms with Crippen molar-refractivity contribution in [3.8, 4) is 0 Å². The minimum Gasteiger partial charge on any atom is -0.367 e. The van der Waals surface area contributed by atoms with Gasteiger partial charge in [0.05, 0.1) is 23.3 Å². The van der Waals surface area contributed by atoms with Crippen LogP contribution in [0.5, 0.6) is 0 Å². The Morgan fingerprint density at radius 1 is 1.56 bits per heavy atom. The SMILES string of the molecule is Cc1cccc2c(=O)[nH]c(CSC3CCO3)nc12. The van der Waals surface area contributed by atoms with Crippen LogP contribution in [0.25, 0.3) is 10.9 Å². The lowest BCUT2D eigenvalue weighted by atomic mass is 10.1. The van der Waals surface area contributed by atoms with Crippen LogP contribution in [0.1, 0.15) is 17.8 Å². The maximum Gasteiger partial charge on any atom is 0.258 e. The van der Waals surface area contributed by atoms with Crippen molar-refractivity contribution in [3.63, 3.8) is 0 Å². The van der Waals surface area contributed by atoms with Gasteiger partial charge in [0, 0.05) is 6.42 Å². The average Bonchev–Trinajstić information content (AvgIpc) is 2.29. The Bertz CT molecular complexity index is 634. The van der Waals surface area contributed by atoms with Gasteiger partial charge in [-0.15, -0.1) is 11.8 Å². The Labute approximate surface area is 109 Å². The minimum atomic E-state index is -0.0613. The van der Waals surface area contributed by atoms with Crippen LogP contribution in [0.15, 0.2) is 23.0 Å². The first-order chi connectivity index (χ1) is 8.74. The molecule has 1 unspecified atom stereocenters. The van der Waals surface area contributed by atoms with Gasteiger partial charge in [0.1, 0.15) is 11.3 Å². The Balaban J connectivity index is 1.93. The number of hydrogen-bond donors (Lipinski definition) is 1. The Morgan fingerprint density at radius 2 is 2.39 bits per heavy atom. The highest BCUT2D eigenvalue weighted by atomic mass is 32.2. The zero-order valence-electron chi connectivity index (χ0n) is 10.1. The summed E-state index contributed by atoms with van der Waals surface area (Å²) in [5.74, 6) is 1.41. The van der Waals surface area contributed by atoms with Gasteiger partial charge >= 0.3 is 0 Å². The zero-order chi connectivity index (χ0) is 12.5. The maximum absolute atomic E-state index is 11.9. The van der Waals surface area contributed by atoms with Gasteiger partial charge in [-0.2, -0.15) is 0 Å². The highest BCUT2D eigenvalue weighted by Gasteiger charge is 2.18. The lowest BCUT2D eigenvalue weighted by Gasteiger charge is -2.25. The molecule has 0 saturated carbocycles. The minimum absolute atomic E-state index is 0.0613. The van der Waals surface area contributed by atoms with Crippen molar-refractivity contribution in [1.82, 2.24) is 9.97 Å². The second kappa shape index (κ2) is 4.74. The summed E-state index contributed by atoms with van der Waals surface area (Å²) in [5.41, 5.74) is 2.04. The molecule has 1 N–H and O–H groups in total. The van der Waals surface area contributed by atoms with Gasteiger partial charge in [0.2, 0.25) is 0 Å². The van der Waals surface area contributed by atoms with E-state index in [1.54, 1.807) is 17.8 Å². The molecule has 0 bridgehead atoms. The molecule has 1 aromatic carbocycles. The fourth-order valence-electron chi connectivity index (χ4n) is 1.94. The molecule has 1 saturated heterocycles. The Hall–Kier alpha value is -1.33. The van der Waals surface area contributed by atoms with Crippen LogP contribution in [-0.4, -0.2) is 22.0 Å². The van der Waals surface area contributed by atoms with Crippen LogP contribution < -0.4 is 5.56 Å². The summed E-state index contributed by atoms with van der Waals surface area (Å²) in [7, 11) is 0. The van der Waals surface area contributed by atoms with Crippen LogP contribution in [0, 0.1) is 6.92 Å². The number of aryl methyl sites for hydroxylation is 1. The smallest absolute Gasteiger partial charge is 0.258 e. The third-order valence-corrected chi connectivity index (χ3v) is 4.23. The van der Waals surface area contributed by atoms with Gasteiger partial charge in [-0.25, -0.2) is 4.98 Å². The van der Waals surface area contributed by atoms with Crippen molar-refractivity contribution in [1.29, 1.82) is 0 Å². The van der Waals surface area contributed by atoms with E-state index in [4.69, 9.17) is 4.74 Å². The molecule has 18 heavy (non-hydrogen) atoms. The number of aromatic amines is 1. The first-order valence-corrected chi connectivity index (χ1v) is 7.00. The topological polar surface area (TPSA) is 55.0 Å². The van der Waals surface area contributed by atoms with E-state index in [1.807, 2.05) is 19.1 Å². The van der Waals surface area contributed by atoms with Crippen LogP contribution >= 0.6 is 11.8 Å². The summed E-state index contributed by atoms with van der Waals surface area (Å²) < 4.78 is 5.34. The summed E-state index contributed by atoms with van der Waals surface area (Å²) in [6.07, 6.45) is 1.08. The molecule has 1 atom stereocenters. The quantitative estimate of drug-likeness (QED) is 0.921. The van der Waals surface area contributed by atoms with E-state index in [-0.39, 0.29) is 11.0 Å². The van der Waals surface area contributed by atoms with Crippen molar-refractivity contribution in [2.75, 3.05) is 6.61 Å². The molecular formula is C13H14N2O2S. The number of nitrogens with one attached hydrogen (secondary N) is 1. The van der Waals surface area contributed by atoms with Crippen LogP contribution in [0.2, 0.25) is 0 Å². The molecule has 1 aromatic heterocycles. The summed E-state index contributed by atoms with van der Waals surface area (Å²) in [6, 6.07) is 5.66. The second-order valence-corrected chi connectivity index (χ2v) is 5.53. The van der Waals surface area contributed by atoms with Crippen molar-refractivity contribution in [2.45, 2.75) is 24.5 Å². The third kappa shape index (κ3) is 2.15. The first-order valence-electron chi connectivity index (χ1n) is 5.96. The predicted octanol–water partition coefficient (Wildman–Crippen LogP) is 2.21. The fraction of sp³-hybridized carbons (Fsp3) is 0.385. The van der Waals surface area contributed by atoms with Gasteiger partial charge in [-0.1, -0.05) is 12.1 Å². The normalized spacial score (nSPS) is 18.8. The number of benzene rings is 1. The number of rotatable bonds is 3. The van der Waals surface area contributed by atoms with Crippen molar-refractivity contribution >= 4 is 22.7 Å². The standard InChI is InChI=1S/C13H14N2O2S/c1-8-3-2-4-9-12(8)14-10(15-13(9)16)7-18-11-5-6-17-11/h2-4,11H,5-7H2,1H3,(H,14,15,16). The van der Waals surface area contributed by atoms with Gasteiger partial charge in [0.25, 0.3) is 5.56 Å². The number of H-pyrrole nitrogens is 1. The monoisotopic (exact) mass is 262 g/mol. The highest BCUT2D eigenvalue weighted by molar-refractivity contribution is 7.99. The molecule has 2 aromatic rings. The molecule has 1 aliphatic heterocycles. The van der Waals surface area contributed by atoms with E-state index >= 15 is 0 Å². The van der Waals surface area contributed by atoms with Crippen LogP contribution in [0.3, 0.4) is 0 Å². The van der Waals surface area contributed by atoms with Crippen molar-refractivity contribution in [3.05, 3.63) is 39.9 Å². The zero-order valence-corrected chi connectivity index (χ0v) is 10.9. The number of para-hydroxylation sites is 1. The van der Waals surface area contributed by atoms with Gasteiger partial charge < -0.3 is 9.72 Å². The maximum atomic E-state index is 11.9. The highest BCUT2D eigenvalue weighted by Crippen LogP contribution is 2.26. The summed E-state index contributed by atoms with van der Waals surface area (Å²) in [4.78, 5) is 19.3. The van der Waals surface area contributed by atoms with Gasteiger partial charge in [-0.05, 0) is 18.6 Å². The van der Waals surface area contributed by atoms with Crippen LogP contribution in [-0.2, 0) is 10.5 Å². The second-order valence-electron chi connectivity index (χ2n) is 4.38. The number of thioether (sulfide) groups is 1. The summed E-state index contributed by atoms with van der Waals surface area (Å²) >= 11 is 1.68. The third-order valence-electron chi connectivity index (χ3n) is 3.05. The summed E-state index contributed by atoms with van der Waals surface area (Å²) in [5, 5.41) is 0.656. The summed E-state index contributed by atoms with van der Waals surface area (Å²) in [6.45, 7) is 2.82.